The van der Waals surface area contributed by atoms with Crippen LogP contribution in [0.5, 0.6) is 5.75 Å². The standard InChI is InChI=1S/C7H6F2O.C4H6O2.CH4O/c1-10-6-4-2-3-5(8)7(6)9;5-4-2-1-3-6-4;1-2/h2-4H,1H3;1-3H2;2H,1H3. The van der Waals surface area contributed by atoms with Crippen LogP contribution in [0.15, 0.2) is 18.2 Å². The SMILES string of the molecule is CO.COc1cccc(F)c1F.O=C1CCCO1. The van der Waals surface area contributed by atoms with Gasteiger partial charge >= 0.3 is 5.97 Å². The molecule has 1 saturated heterocycles. The third-order valence-corrected chi connectivity index (χ3v) is 1.92. The molecule has 6 heteroatoms. The quantitative estimate of drug-likeness (QED) is 0.785. The maximum atomic E-state index is 12.5. The fourth-order valence-corrected chi connectivity index (χ4v) is 1.12. The summed E-state index contributed by atoms with van der Waals surface area (Å²) in [6.07, 6.45) is 1.54. The van der Waals surface area contributed by atoms with E-state index in [2.05, 4.69) is 9.47 Å². The molecule has 1 fully saturated rings. The van der Waals surface area contributed by atoms with Crippen molar-refractivity contribution in [3.63, 3.8) is 0 Å². The molecule has 0 radical (unpaired) electrons. The number of halogens is 2. The molecule has 1 aromatic carbocycles. The van der Waals surface area contributed by atoms with Crippen LogP contribution < -0.4 is 4.74 Å². The second kappa shape index (κ2) is 9.35. The predicted octanol–water partition coefficient (Wildman–Crippen LogP) is 1.91. The van der Waals surface area contributed by atoms with Gasteiger partial charge < -0.3 is 14.6 Å². The van der Waals surface area contributed by atoms with Crippen LogP contribution in [0.4, 0.5) is 8.78 Å². The minimum atomic E-state index is -0.940. The lowest BCUT2D eigenvalue weighted by atomic mass is 10.3. The fourth-order valence-electron chi connectivity index (χ4n) is 1.12. The number of hydrogen-bond acceptors (Lipinski definition) is 4. The summed E-state index contributed by atoms with van der Waals surface area (Å²) < 4.78 is 33.8. The number of ether oxygens (including phenoxy) is 2. The van der Waals surface area contributed by atoms with Gasteiger partial charge in [-0.25, -0.2) is 4.39 Å². The zero-order valence-corrected chi connectivity index (χ0v) is 10.3. The molecule has 0 saturated carbocycles. The largest absolute Gasteiger partial charge is 0.494 e. The van der Waals surface area contributed by atoms with Crippen LogP contribution >= 0.6 is 0 Å². The van der Waals surface area contributed by atoms with Crippen molar-refractivity contribution in [3.05, 3.63) is 29.8 Å². The zero-order chi connectivity index (χ0) is 14.0. The Balaban J connectivity index is 0.000000308. The first kappa shape index (κ1) is 16.3. The van der Waals surface area contributed by atoms with Gasteiger partial charge in [0.1, 0.15) is 0 Å². The van der Waals surface area contributed by atoms with Gasteiger partial charge in [-0.1, -0.05) is 6.07 Å². The summed E-state index contributed by atoms with van der Waals surface area (Å²) in [6.45, 7) is 0.638. The van der Waals surface area contributed by atoms with Crippen molar-refractivity contribution in [1.29, 1.82) is 0 Å². The number of cyclic esters (lactones) is 1. The van der Waals surface area contributed by atoms with Crippen molar-refractivity contribution in [3.8, 4) is 5.75 Å². The average Bonchev–Trinajstić information content (AvgIpc) is 2.87. The van der Waals surface area contributed by atoms with E-state index in [1.807, 2.05) is 0 Å². The number of esters is 1. The maximum absolute atomic E-state index is 12.5. The van der Waals surface area contributed by atoms with Crippen molar-refractivity contribution < 1.29 is 28.2 Å². The molecule has 0 bridgehead atoms. The highest BCUT2D eigenvalue weighted by atomic mass is 19.2. The summed E-state index contributed by atoms with van der Waals surface area (Å²) in [5.74, 6) is -1.95. The first-order chi connectivity index (χ1) is 8.65. The Morgan fingerprint density at radius 3 is 2.33 bits per heavy atom. The minimum absolute atomic E-state index is 0.0463. The third kappa shape index (κ3) is 5.58. The molecule has 1 aliphatic heterocycles. The Hall–Kier alpha value is -1.69. The summed E-state index contributed by atoms with van der Waals surface area (Å²) in [5.41, 5.74) is 0. The van der Waals surface area contributed by atoms with Gasteiger partial charge in [-0.15, -0.1) is 0 Å². The molecule has 1 N–H and O–H groups in total. The Morgan fingerprint density at radius 1 is 1.33 bits per heavy atom. The highest BCUT2D eigenvalue weighted by Crippen LogP contribution is 2.17. The molecule has 0 amide bonds. The number of carbonyl (C=O) groups is 1. The van der Waals surface area contributed by atoms with Gasteiger partial charge in [0, 0.05) is 13.5 Å². The summed E-state index contributed by atoms with van der Waals surface area (Å²) in [6, 6.07) is 3.79. The van der Waals surface area contributed by atoms with E-state index in [0.29, 0.717) is 13.0 Å². The number of aliphatic hydroxyl groups excluding tert-OH is 1. The van der Waals surface area contributed by atoms with Gasteiger partial charge in [0.05, 0.1) is 13.7 Å². The maximum Gasteiger partial charge on any atom is 0.305 e. The lowest BCUT2D eigenvalue weighted by molar-refractivity contribution is -0.137. The number of benzene rings is 1. The molecular formula is C12H16F2O4. The van der Waals surface area contributed by atoms with Gasteiger partial charge in [0.15, 0.2) is 11.6 Å². The number of hydrogen-bond donors (Lipinski definition) is 1. The van der Waals surface area contributed by atoms with E-state index < -0.39 is 11.6 Å². The van der Waals surface area contributed by atoms with Crippen molar-refractivity contribution in [1.82, 2.24) is 0 Å². The van der Waals surface area contributed by atoms with E-state index in [-0.39, 0.29) is 11.7 Å². The first-order valence-electron chi connectivity index (χ1n) is 5.23. The van der Waals surface area contributed by atoms with Crippen LogP contribution in [0, 0.1) is 11.6 Å². The van der Waals surface area contributed by atoms with Gasteiger partial charge in [-0.05, 0) is 18.6 Å². The van der Waals surface area contributed by atoms with E-state index in [1.54, 1.807) is 0 Å². The molecule has 102 valence electrons. The smallest absolute Gasteiger partial charge is 0.305 e. The molecular weight excluding hydrogens is 246 g/mol. The summed E-state index contributed by atoms with van der Waals surface area (Å²) in [7, 11) is 2.29. The fraction of sp³-hybridized carbons (Fsp3) is 0.417. The molecule has 0 atom stereocenters. The Kier molecular flexibility index (Phi) is 8.47. The molecule has 18 heavy (non-hydrogen) atoms. The highest BCUT2D eigenvalue weighted by molar-refractivity contribution is 5.70. The molecule has 2 rings (SSSR count). The summed E-state index contributed by atoms with van der Waals surface area (Å²) >= 11 is 0. The van der Waals surface area contributed by atoms with Crippen LogP contribution in [0.25, 0.3) is 0 Å². The lowest BCUT2D eigenvalue weighted by Gasteiger charge is -1.99. The van der Waals surface area contributed by atoms with Gasteiger partial charge in [-0.3, -0.25) is 4.79 Å². The molecule has 1 aromatic rings. The summed E-state index contributed by atoms with van der Waals surface area (Å²) in [4.78, 5) is 10.0. The van der Waals surface area contributed by atoms with E-state index in [0.717, 1.165) is 19.6 Å². The number of rotatable bonds is 1. The Morgan fingerprint density at radius 2 is 2.00 bits per heavy atom. The molecule has 1 heterocycles. The zero-order valence-electron chi connectivity index (χ0n) is 10.3. The predicted molar refractivity (Wildman–Crippen MR) is 61.2 cm³/mol. The van der Waals surface area contributed by atoms with Crippen molar-refractivity contribution >= 4 is 5.97 Å². The number of aliphatic hydroxyl groups is 1. The first-order valence-corrected chi connectivity index (χ1v) is 5.23. The van der Waals surface area contributed by atoms with E-state index in [9.17, 15) is 13.6 Å². The second-order valence-electron chi connectivity index (χ2n) is 3.08. The minimum Gasteiger partial charge on any atom is -0.494 e. The number of methoxy groups -OCH3 is 1. The molecule has 0 aliphatic carbocycles. The van der Waals surface area contributed by atoms with Crippen LogP contribution in [-0.4, -0.2) is 31.9 Å². The molecule has 1 aliphatic rings. The van der Waals surface area contributed by atoms with Gasteiger partial charge in [-0.2, -0.15) is 4.39 Å². The van der Waals surface area contributed by atoms with Gasteiger partial charge in [0.2, 0.25) is 5.82 Å². The monoisotopic (exact) mass is 262 g/mol. The van der Waals surface area contributed by atoms with Crippen molar-refractivity contribution in [2.45, 2.75) is 12.8 Å². The Bertz CT molecular complexity index is 361. The summed E-state index contributed by atoms with van der Waals surface area (Å²) in [5, 5.41) is 7.00. The average molecular weight is 262 g/mol. The van der Waals surface area contributed by atoms with Crippen molar-refractivity contribution in [2.24, 2.45) is 0 Å². The molecule has 0 unspecified atom stereocenters. The van der Waals surface area contributed by atoms with E-state index in [1.165, 1.54) is 19.2 Å². The van der Waals surface area contributed by atoms with Crippen LogP contribution in [0.1, 0.15) is 12.8 Å². The van der Waals surface area contributed by atoms with Crippen LogP contribution in [0.3, 0.4) is 0 Å². The second-order valence-corrected chi connectivity index (χ2v) is 3.08. The third-order valence-electron chi connectivity index (χ3n) is 1.92. The van der Waals surface area contributed by atoms with Crippen molar-refractivity contribution in [2.75, 3.05) is 20.8 Å². The van der Waals surface area contributed by atoms with Crippen LogP contribution in [0.2, 0.25) is 0 Å². The van der Waals surface area contributed by atoms with E-state index in [4.69, 9.17) is 5.11 Å². The van der Waals surface area contributed by atoms with Gasteiger partial charge in [0.25, 0.3) is 0 Å². The topological polar surface area (TPSA) is 55.8 Å². The molecule has 4 nitrogen and oxygen atoms in total. The lowest BCUT2D eigenvalue weighted by Crippen LogP contribution is -1.90. The normalized spacial score (nSPS) is 12.6. The molecule has 0 spiro atoms. The van der Waals surface area contributed by atoms with Crippen LogP contribution in [-0.2, 0) is 9.53 Å². The Labute approximate surface area is 104 Å². The molecule has 0 aromatic heterocycles. The highest BCUT2D eigenvalue weighted by Gasteiger charge is 2.08. The number of carbonyl (C=O) groups excluding carboxylic acids is 1. The van der Waals surface area contributed by atoms with E-state index >= 15 is 0 Å².